The van der Waals surface area contributed by atoms with Crippen molar-refractivity contribution in [2.45, 2.75) is 20.5 Å². The van der Waals surface area contributed by atoms with Gasteiger partial charge in [0.15, 0.2) is 0 Å². The van der Waals surface area contributed by atoms with Crippen molar-refractivity contribution in [1.29, 1.82) is 0 Å². The molecule has 0 bridgehead atoms. The first kappa shape index (κ1) is 15.9. The second kappa shape index (κ2) is 7.00. The standard InChI is InChI=1S/C18H18FNO2/c1-12-3-4-15(11-21)10-17(12)20-18(22)13(2)9-14-5-7-16(19)8-6-14/h3-10,21H,11H2,1-2H3,(H,20,22)/b13-9-. The topological polar surface area (TPSA) is 49.3 Å². The van der Waals surface area contributed by atoms with Gasteiger partial charge < -0.3 is 10.4 Å². The molecule has 0 radical (unpaired) electrons. The number of halogens is 1. The zero-order valence-corrected chi connectivity index (χ0v) is 12.6. The molecule has 0 fully saturated rings. The molecule has 0 aliphatic rings. The average molecular weight is 299 g/mol. The van der Waals surface area contributed by atoms with E-state index in [2.05, 4.69) is 5.32 Å². The highest BCUT2D eigenvalue weighted by Crippen LogP contribution is 2.18. The minimum atomic E-state index is -0.310. The van der Waals surface area contributed by atoms with Crippen molar-refractivity contribution in [2.24, 2.45) is 0 Å². The lowest BCUT2D eigenvalue weighted by Crippen LogP contribution is -2.13. The van der Waals surface area contributed by atoms with Crippen LogP contribution in [0.1, 0.15) is 23.6 Å². The first-order chi connectivity index (χ1) is 10.5. The predicted molar refractivity (Wildman–Crippen MR) is 85.8 cm³/mol. The highest BCUT2D eigenvalue weighted by molar-refractivity contribution is 6.06. The summed E-state index contributed by atoms with van der Waals surface area (Å²) in [6, 6.07) is 11.3. The summed E-state index contributed by atoms with van der Waals surface area (Å²) in [5.74, 6) is -0.543. The van der Waals surface area contributed by atoms with Gasteiger partial charge in [0.25, 0.3) is 5.91 Å². The fourth-order valence-electron chi connectivity index (χ4n) is 2.00. The summed E-state index contributed by atoms with van der Waals surface area (Å²) in [5, 5.41) is 12.0. The first-order valence-corrected chi connectivity index (χ1v) is 6.95. The minimum absolute atomic E-state index is 0.0758. The van der Waals surface area contributed by atoms with Gasteiger partial charge in [-0.1, -0.05) is 24.3 Å². The van der Waals surface area contributed by atoms with Gasteiger partial charge in [0.2, 0.25) is 0 Å². The van der Waals surface area contributed by atoms with Gasteiger partial charge in [-0.3, -0.25) is 4.79 Å². The Balaban J connectivity index is 2.16. The number of carbonyl (C=O) groups excluding carboxylic acids is 1. The number of aliphatic hydroxyl groups is 1. The van der Waals surface area contributed by atoms with Gasteiger partial charge in [0, 0.05) is 11.3 Å². The second-order valence-corrected chi connectivity index (χ2v) is 5.14. The van der Waals surface area contributed by atoms with Gasteiger partial charge in [-0.05, 0) is 54.8 Å². The molecule has 1 amide bonds. The molecule has 114 valence electrons. The number of anilines is 1. The van der Waals surface area contributed by atoms with Crippen molar-refractivity contribution in [2.75, 3.05) is 5.32 Å². The Morgan fingerprint density at radius 3 is 2.55 bits per heavy atom. The molecule has 3 nitrogen and oxygen atoms in total. The molecule has 0 aliphatic heterocycles. The van der Waals surface area contributed by atoms with Crippen LogP contribution in [-0.2, 0) is 11.4 Å². The third-order valence-electron chi connectivity index (χ3n) is 3.34. The van der Waals surface area contributed by atoms with Crippen molar-refractivity contribution < 1.29 is 14.3 Å². The van der Waals surface area contributed by atoms with E-state index in [0.717, 1.165) is 16.7 Å². The number of hydrogen-bond acceptors (Lipinski definition) is 2. The molecule has 0 unspecified atom stereocenters. The number of carbonyl (C=O) groups is 1. The number of benzene rings is 2. The predicted octanol–water partition coefficient (Wildman–Crippen LogP) is 3.67. The van der Waals surface area contributed by atoms with Crippen molar-refractivity contribution in [3.8, 4) is 0 Å². The summed E-state index contributed by atoms with van der Waals surface area (Å²) in [7, 11) is 0. The summed E-state index contributed by atoms with van der Waals surface area (Å²) >= 11 is 0. The van der Waals surface area contributed by atoms with E-state index in [0.29, 0.717) is 11.3 Å². The lowest BCUT2D eigenvalue weighted by molar-refractivity contribution is -0.112. The maximum atomic E-state index is 12.9. The Labute approximate surface area is 129 Å². The van der Waals surface area contributed by atoms with Crippen LogP contribution in [0.3, 0.4) is 0 Å². The third kappa shape index (κ3) is 4.02. The van der Waals surface area contributed by atoms with Gasteiger partial charge in [-0.2, -0.15) is 0 Å². The summed E-state index contributed by atoms with van der Waals surface area (Å²) < 4.78 is 12.9. The molecule has 2 aromatic carbocycles. The van der Waals surface area contributed by atoms with Crippen LogP contribution in [0, 0.1) is 12.7 Å². The van der Waals surface area contributed by atoms with Gasteiger partial charge in [0.1, 0.15) is 5.82 Å². The van der Waals surface area contributed by atoms with E-state index in [9.17, 15) is 9.18 Å². The van der Waals surface area contributed by atoms with E-state index in [1.807, 2.05) is 19.1 Å². The molecule has 2 aromatic rings. The zero-order valence-electron chi connectivity index (χ0n) is 12.6. The molecule has 0 spiro atoms. The number of nitrogens with one attached hydrogen (secondary N) is 1. The molecule has 2 rings (SSSR count). The molecular formula is C18H18FNO2. The summed E-state index contributed by atoms with van der Waals surface area (Å²) in [6.45, 7) is 3.51. The number of rotatable bonds is 4. The normalized spacial score (nSPS) is 11.4. The van der Waals surface area contributed by atoms with E-state index >= 15 is 0 Å². The molecule has 0 saturated heterocycles. The fourth-order valence-corrected chi connectivity index (χ4v) is 2.00. The van der Waals surface area contributed by atoms with Crippen LogP contribution in [0.15, 0.2) is 48.0 Å². The van der Waals surface area contributed by atoms with Crippen LogP contribution in [0.25, 0.3) is 6.08 Å². The largest absolute Gasteiger partial charge is 0.392 e. The van der Waals surface area contributed by atoms with Crippen LogP contribution in [0.2, 0.25) is 0 Å². The summed E-state index contributed by atoms with van der Waals surface area (Å²) in [4.78, 5) is 12.2. The van der Waals surface area contributed by atoms with E-state index < -0.39 is 0 Å². The zero-order chi connectivity index (χ0) is 16.1. The van der Waals surface area contributed by atoms with Crippen molar-refractivity contribution in [3.63, 3.8) is 0 Å². The van der Waals surface area contributed by atoms with Gasteiger partial charge in [0.05, 0.1) is 6.61 Å². The summed E-state index contributed by atoms with van der Waals surface area (Å²) in [5.41, 5.74) is 3.60. The van der Waals surface area contributed by atoms with Crippen LogP contribution in [0.5, 0.6) is 0 Å². The SMILES string of the molecule is C/C(=C/c1ccc(F)cc1)C(=O)Nc1cc(CO)ccc1C. The Kier molecular flexibility index (Phi) is 5.07. The minimum Gasteiger partial charge on any atom is -0.392 e. The molecular weight excluding hydrogens is 281 g/mol. The van der Waals surface area contributed by atoms with Crippen molar-refractivity contribution >= 4 is 17.7 Å². The van der Waals surface area contributed by atoms with Crippen LogP contribution < -0.4 is 5.32 Å². The monoisotopic (exact) mass is 299 g/mol. The van der Waals surface area contributed by atoms with E-state index in [1.165, 1.54) is 12.1 Å². The lowest BCUT2D eigenvalue weighted by Gasteiger charge is -2.10. The maximum absolute atomic E-state index is 12.9. The van der Waals surface area contributed by atoms with Crippen molar-refractivity contribution in [3.05, 3.63) is 70.5 Å². The average Bonchev–Trinajstić information content (AvgIpc) is 2.51. The van der Waals surface area contributed by atoms with Crippen LogP contribution >= 0.6 is 0 Å². The van der Waals surface area contributed by atoms with Crippen molar-refractivity contribution in [1.82, 2.24) is 0 Å². The first-order valence-electron chi connectivity index (χ1n) is 6.95. The Morgan fingerprint density at radius 2 is 1.91 bits per heavy atom. The quantitative estimate of drug-likeness (QED) is 0.846. The molecule has 2 N–H and O–H groups in total. The molecule has 0 heterocycles. The Bertz CT molecular complexity index is 706. The molecule has 0 aromatic heterocycles. The highest BCUT2D eigenvalue weighted by atomic mass is 19.1. The van der Waals surface area contributed by atoms with Gasteiger partial charge in [-0.25, -0.2) is 4.39 Å². The number of hydrogen-bond donors (Lipinski definition) is 2. The molecule has 0 atom stereocenters. The molecule has 0 saturated carbocycles. The van der Waals surface area contributed by atoms with E-state index in [-0.39, 0.29) is 18.3 Å². The molecule has 0 aliphatic carbocycles. The fraction of sp³-hybridized carbons (Fsp3) is 0.167. The van der Waals surface area contributed by atoms with Gasteiger partial charge >= 0.3 is 0 Å². The van der Waals surface area contributed by atoms with E-state index in [4.69, 9.17) is 5.11 Å². The number of amides is 1. The summed E-state index contributed by atoms with van der Waals surface area (Å²) in [6.07, 6.45) is 1.69. The van der Waals surface area contributed by atoms with Crippen LogP contribution in [-0.4, -0.2) is 11.0 Å². The Hall–Kier alpha value is -2.46. The molecule has 4 heteroatoms. The van der Waals surface area contributed by atoms with E-state index in [1.54, 1.807) is 31.2 Å². The Morgan fingerprint density at radius 1 is 1.23 bits per heavy atom. The number of aryl methyl sites for hydroxylation is 1. The second-order valence-electron chi connectivity index (χ2n) is 5.14. The van der Waals surface area contributed by atoms with Gasteiger partial charge in [-0.15, -0.1) is 0 Å². The lowest BCUT2D eigenvalue weighted by atomic mass is 10.1. The molecule has 22 heavy (non-hydrogen) atoms. The van der Waals surface area contributed by atoms with Crippen LogP contribution in [0.4, 0.5) is 10.1 Å². The third-order valence-corrected chi connectivity index (χ3v) is 3.34. The smallest absolute Gasteiger partial charge is 0.251 e. The number of aliphatic hydroxyl groups excluding tert-OH is 1. The highest BCUT2D eigenvalue weighted by Gasteiger charge is 2.08. The maximum Gasteiger partial charge on any atom is 0.251 e.